The third-order valence-electron chi connectivity index (χ3n) is 4.77. The van der Waals surface area contributed by atoms with Crippen LogP contribution in [0.25, 0.3) is 0 Å². The Morgan fingerprint density at radius 3 is 2.17 bits per heavy atom. The van der Waals surface area contributed by atoms with Gasteiger partial charge in [0.05, 0.1) is 11.4 Å². The van der Waals surface area contributed by atoms with Crippen LogP contribution >= 0.6 is 11.6 Å². The molecule has 1 atom stereocenters. The summed E-state index contributed by atoms with van der Waals surface area (Å²) in [6.07, 6.45) is 0. The van der Waals surface area contributed by atoms with E-state index < -0.39 is 28.5 Å². The van der Waals surface area contributed by atoms with Crippen molar-refractivity contribution >= 4 is 33.4 Å². The van der Waals surface area contributed by atoms with Crippen molar-refractivity contribution in [3.8, 4) is 0 Å². The Labute approximate surface area is 182 Å². The number of sulfonamides is 1. The first-order valence-electron chi connectivity index (χ1n) is 9.34. The van der Waals surface area contributed by atoms with Crippen LogP contribution in [0.15, 0.2) is 53.4 Å². The van der Waals surface area contributed by atoms with Crippen LogP contribution in [0.3, 0.4) is 0 Å². The summed E-state index contributed by atoms with van der Waals surface area (Å²) in [6.45, 7) is 3.20. The number of rotatable bonds is 8. The standard InChI is InChI=1S/C21H26ClN3O4S/c1-15-5-11-19(12-6-15)30(28,29)24(4)14-20(26)25(16(2)21(27)23-3)13-17-7-9-18(22)10-8-17/h5-12,16H,13-14H2,1-4H3,(H,23,27). The summed E-state index contributed by atoms with van der Waals surface area (Å²) in [5.74, 6) is -0.833. The first-order valence-corrected chi connectivity index (χ1v) is 11.2. The quantitative estimate of drug-likeness (QED) is 0.667. The van der Waals surface area contributed by atoms with Crippen molar-refractivity contribution < 1.29 is 18.0 Å². The van der Waals surface area contributed by atoms with Gasteiger partial charge in [0.25, 0.3) is 0 Å². The van der Waals surface area contributed by atoms with E-state index in [1.165, 1.54) is 31.1 Å². The average Bonchev–Trinajstić information content (AvgIpc) is 2.72. The maximum absolute atomic E-state index is 13.0. The lowest BCUT2D eigenvalue weighted by Gasteiger charge is -2.30. The van der Waals surface area contributed by atoms with Crippen molar-refractivity contribution in [1.29, 1.82) is 0 Å². The molecule has 2 amide bonds. The van der Waals surface area contributed by atoms with Crippen molar-refractivity contribution in [3.05, 3.63) is 64.7 Å². The van der Waals surface area contributed by atoms with Crippen LogP contribution in [0.1, 0.15) is 18.1 Å². The number of hydrogen-bond donors (Lipinski definition) is 1. The van der Waals surface area contributed by atoms with Crippen LogP contribution in [0, 0.1) is 6.92 Å². The molecule has 0 saturated carbocycles. The van der Waals surface area contributed by atoms with E-state index >= 15 is 0 Å². The molecule has 0 bridgehead atoms. The van der Waals surface area contributed by atoms with Crippen LogP contribution in [0.4, 0.5) is 0 Å². The van der Waals surface area contributed by atoms with Crippen molar-refractivity contribution in [3.63, 3.8) is 0 Å². The zero-order chi connectivity index (χ0) is 22.5. The molecule has 0 saturated heterocycles. The fourth-order valence-electron chi connectivity index (χ4n) is 2.83. The summed E-state index contributed by atoms with van der Waals surface area (Å²) in [5, 5.41) is 3.08. The van der Waals surface area contributed by atoms with Gasteiger partial charge in [0.1, 0.15) is 6.04 Å². The predicted octanol–water partition coefficient (Wildman–Crippen LogP) is 2.43. The van der Waals surface area contributed by atoms with E-state index in [1.54, 1.807) is 43.3 Å². The van der Waals surface area contributed by atoms with Gasteiger partial charge in [0.15, 0.2) is 0 Å². The maximum atomic E-state index is 13.0. The maximum Gasteiger partial charge on any atom is 0.243 e. The number of likely N-dealkylation sites (N-methyl/N-ethyl adjacent to an activating group) is 2. The fraction of sp³-hybridized carbons (Fsp3) is 0.333. The lowest BCUT2D eigenvalue weighted by Crippen LogP contribution is -2.50. The van der Waals surface area contributed by atoms with E-state index in [0.29, 0.717) is 5.02 Å². The zero-order valence-corrected chi connectivity index (χ0v) is 19.0. The molecular weight excluding hydrogens is 426 g/mol. The Morgan fingerprint density at radius 1 is 1.07 bits per heavy atom. The first-order chi connectivity index (χ1) is 14.1. The summed E-state index contributed by atoms with van der Waals surface area (Å²) in [5.41, 5.74) is 1.70. The minimum absolute atomic E-state index is 0.104. The Bertz CT molecular complexity index is 992. The number of hydrogen-bond acceptors (Lipinski definition) is 4. The van der Waals surface area contributed by atoms with Gasteiger partial charge in [-0.25, -0.2) is 8.42 Å². The Hall–Kier alpha value is -2.42. The molecule has 0 aliphatic carbocycles. The molecule has 0 heterocycles. The molecule has 2 rings (SSSR count). The number of amides is 2. The van der Waals surface area contributed by atoms with Crippen molar-refractivity contribution in [1.82, 2.24) is 14.5 Å². The molecule has 0 fully saturated rings. The van der Waals surface area contributed by atoms with Gasteiger partial charge in [0.2, 0.25) is 21.8 Å². The smallest absolute Gasteiger partial charge is 0.243 e. The van der Waals surface area contributed by atoms with E-state index in [2.05, 4.69) is 5.32 Å². The van der Waals surface area contributed by atoms with Gasteiger partial charge in [-0.1, -0.05) is 41.4 Å². The number of nitrogens with one attached hydrogen (secondary N) is 1. The van der Waals surface area contributed by atoms with E-state index in [0.717, 1.165) is 15.4 Å². The molecule has 1 N–H and O–H groups in total. The van der Waals surface area contributed by atoms with Crippen LogP contribution in [0.2, 0.25) is 5.02 Å². The van der Waals surface area contributed by atoms with Gasteiger partial charge in [-0.05, 0) is 43.7 Å². The summed E-state index contributed by atoms with van der Waals surface area (Å²) < 4.78 is 26.6. The van der Waals surface area contributed by atoms with Gasteiger partial charge in [-0.15, -0.1) is 0 Å². The second-order valence-corrected chi connectivity index (χ2v) is 9.49. The monoisotopic (exact) mass is 451 g/mol. The molecular formula is C21H26ClN3O4S. The van der Waals surface area contributed by atoms with Crippen molar-refractivity contribution in [2.75, 3.05) is 20.6 Å². The summed E-state index contributed by atoms with van der Waals surface area (Å²) in [6, 6.07) is 12.5. The molecule has 0 radical (unpaired) electrons. The first kappa shape index (κ1) is 23.9. The molecule has 2 aromatic carbocycles. The third-order valence-corrected chi connectivity index (χ3v) is 6.84. The largest absolute Gasteiger partial charge is 0.357 e. The third kappa shape index (κ3) is 5.81. The highest BCUT2D eigenvalue weighted by atomic mass is 35.5. The lowest BCUT2D eigenvalue weighted by molar-refractivity contribution is -0.140. The summed E-state index contributed by atoms with van der Waals surface area (Å²) in [7, 11) is -1.02. The lowest BCUT2D eigenvalue weighted by atomic mass is 10.1. The molecule has 1 unspecified atom stereocenters. The molecule has 162 valence electrons. The molecule has 0 aromatic heterocycles. The number of carbonyl (C=O) groups excluding carboxylic acids is 2. The van der Waals surface area contributed by atoms with E-state index in [1.807, 2.05) is 6.92 Å². The van der Waals surface area contributed by atoms with Gasteiger partial charge in [0, 0.05) is 25.7 Å². The highest BCUT2D eigenvalue weighted by Crippen LogP contribution is 2.17. The van der Waals surface area contributed by atoms with Gasteiger partial charge in [-0.3, -0.25) is 9.59 Å². The topological polar surface area (TPSA) is 86.8 Å². The number of benzene rings is 2. The van der Waals surface area contributed by atoms with Crippen molar-refractivity contribution in [2.45, 2.75) is 31.3 Å². The molecule has 9 heteroatoms. The van der Waals surface area contributed by atoms with Gasteiger partial charge < -0.3 is 10.2 Å². The Kier molecular flexibility index (Phi) is 8.00. The number of carbonyl (C=O) groups is 2. The van der Waals surface area contributed by atoms with Crippen LogP contribution in [0.5, 0.6) is 0 Å². The number of halogens is 1. The summed E-state index contributed by atoms with van der Waals surface area (Å²) in [4.78, 5) is 26.7. The van der Waals surface area contributed by atoms with E-state index in [-0.39, 0.29) is 17.3 Å². The minimum atomic E-state index is -3.85. The highest BCUT2D eigenvalue weighted by Gasteiger charge is 2.29. The molecule has 30 heavy (non-hydrogen) atoms. The fourth-order valence-corrected chi connectivity index (χ4v) is 4.08. The van der Waals surface area contributed by atoms with E-state index in [9.17, 15) is 18.0 Å². The molecule has 0 spiro atoms. The zero-order valence-electron chi connectivity index (χ0n) is 17.4. The van der Waals surface area contributed by atoms with Crippen LogP contribution < -0.4 is 5.32 Å². The van der Waals surface area contributed by atoms with Gasteiger partial charge >= 0.3 is 0 Å². The summed E-state index contributed by atoms with van der Waals surface area (Å²) >= 11 is 5.92. The molecule has 0 aliphatic rings. The van der Waals surface area contributed by atoms with Gasteiger partial charge in [-0.2, -0.15) is 4.31 Å². The number of nitrogens with zero attached hydrogens (tertiary/aromatic N) is 2. The van der Waals surface area contributed by atoms with Crippen molar-refractivity contribution in [2.24, 2.45) is 0 Å². The second-order valence-electron chi connectivity index (χ2n) is 7.01. The number of aryl methyl sites for hydroxylation is 1. The van der Waals surface area contributed by atoms with E-state index in [4.69, 9.17) is 11.6 Å². The normalized spacial score (nSPS) is 12.5. The van der Waals surface area contributed by atoms with Crippen LogP contribution in [-0.2, 0) is 26.2 Å². The molecule has 7 nitrogen and oxygen atoms in total. The second kappa shape index (κ2) is 10.1. The average molecular weight is 452 g/mol. The highest BCUT2D eigenvalue weighted by molar-refractivity contribution is 7.89. The SMILES string of the molecule is CNC(=O)C(C)N(Cc1ccc(Cl)cc1)C(=O)CN(C)S(=O)(=O)c1ccc(C)cc1. The molecule has 0 aliphatic heterocycles. The molecule has 2 aromatic rings. The Morgan fingerprint density at radius 2 is 1.63 bits per heavy atom. The Balaban J connectivity index is 2.24. The predicted molar refractivity (Wildman–Crippen MR) is 117 cm³/mol. The van der Waals surface area contributed by atoms with Crippen LogP contribution in [-0.4, -0.2) is 56.1 Å². The minimum Gasteiger partial charge on any atom is -0.357 e.